The fourth-order valence-corrected chi connectivity index (χ4v) is 3.56. The molecule has 4 nitrogen and oxygen atoms in total. The number of anilines is 1. The Morgan fingerprint density at radius 1 is 1.20 bits per heavy atom. The van der Waals surface area contributed by atoms with Crippen LogP contribution in [0.2, 0.25) is 0 Å². The van der Waals surface area contributed by atoms with E-state index in [1.54, 1.807) is 29.9 Å². The van der Waals surface area contributed by atoms with E-state index in [0.717, 1.165) is 29.2 Å². The first kappa shape index (κ1) is 17.3. The number of pyridine rings is 1. The van der Waals surface area contributed by atoms with Gasteiger partial charge in [-0.25, -0.2) is 4.98 Å². The van der Waals surface area contributed by atoms with Gasteiger partial charge in [-0.1, -0.05) is 42.9 Å². The number of hydrazone groups is 1. The van der Waals surface area contributed by atoms with Crippen molar-refractivity contribution in [1.82, 2.24) is 9.97 Å². The van der Waals surface area contributed by atoms with Gasteiger partial charge in [-0.15, -0.1) is 0 Å². The quantitative estimate of drug-likeness (QED) is 0.490. The van der Waals surface area contributed by atoms with E-state index in [4.69, 9.17) is 4.98 Å². The molecule has 1 aromatic carbocycles. The normalized spacial score (nSPS) is 11.2. The second-order valence-corrected chi connectivity index (χ2v) is 7.08. The molecule has 0 fully saturated rings. The zero-order valence-electron chi connectivity index (χ0n) is 14.8. The molecule has 128 valence electrons. The first-order valence-electron chi connectivity index (χ1n) is 8.44. The van der Waals surface area contributed by atoms with Crippen LogP contribution < -0.4 is 5.43 Å². The molecule has 5 heteroatoms. The molecular formula is C20H22N4S. The smallest absolute Gasteiger partial charge is 0.204 e. The molecule has 1 N–H and O–H groups in total. The van der Waals surface area contributed by atoms with Gasteiger partial charge in [0.1, 0.15) is 0 Å². The summed E-state index contributed by atoms with van der Waals surface area (Å²) in [4.78, 5) is 10.2. The van der Waals surface area contributed by atoms with E-state index in [9.17, 15) is 0 Å². The number of aromatic nitrogens is 2. The van der Waals surface area contributed by atoms with E-state index in [1.165, 1.54) is 21.6 Å². The second kappa shape index (κ2) is 8.03. The molecule has 25 heavy (non-hydrogen) atoms. The zero-order valence-corrected chi connectivity index (χ0v) is 15.6. The van der Waals surface area contributed by atoms with Crippen LogP contribution in [-0.4, -0.2) is 16.2 Å². The molecule has 0 saturated carbocycles. The zero-order chi connectivity index (χ0) is 17.6. The monoisotopic (exact) mass is 350 g/mol. The Bertz CT molecular complexity index is 869. The number of aryl methyl sites for hydroxylation is 3. The minimum atomic E-state index is 0.816. The molecule has 0 aliphatic carbocycles. The highest BCUT2D eigenvalue weighted by Gasteiger charge is 2.13. The van der Waals surface area contributed by atoms with Crippen molar-refractivity contribution in [2.24, 2.45) is 5.10 Å². The van der Waals surface area contributed by atoms with E-state index in [-0.39, 0.29) is 0 Å². The van der Waals surface area contributed by atoms with Crippen LogP contribution in [-0.2, 0) is 6.42 Å². The van der Waals surface area contributed by atoms with Crippen molar-refractivity contribution in [2.75, 3.05) is 5.43 Å². The van der Waals surface area contributed by atoms with Gasteiger partial charge in [0.2, 0.25) is 5.13 Å². The average Bonchev–Trinajstić information content (AvgIpc) is 3.01. The van der Waals surface area contributed by atoms with Crippen LogP contribution in [0.15, 0.2) is 47.8 Å². The van der Waals surface area contributed by atoms with Crippen molar-refractivity contribution in [1.29, 1.82) is 0 Å². The maximum atomic E-state index is 4.78. The summed E-state index contributed by atoms with van der Waals surface area (Å²) in [6, 6.07) is 10.4. The summed E-state index contributed by atoms with van der Waals surface area (Å²) in [5.74, 6) is 0. The predicted octanol–water partition coefficient (Wildman–Crippen LogP) is 5.22. The summed E-state index contributed by atoms with van der Waals surface area (Å²) in [5, 5.41) is 5.10. The van der Waals surface area contributed by atoms with Gasteiger partial charge in [0, 0.05) is 28.4 Å². The SMILES string of the molecule is CCCc1sc(N/N=C/c2cccnc2)nc1-c1ccc(C)c(C)c1. The van der Waals surface area contributed by atoms with Crippen molar-refractivity contribution in [2.45, 2.75) is 33.6 Å². The van der Waals surface area contributed by atoms with Gasteiger partial charge in [-0.3, -0.25) is 10.4 Å². The van der Waals surface area contributed by atoms with Gasteiger partial charge in [0.15, 0.2) is 0 Å². The molecule has 0 spiro atoms. The summed E-state index contributed by atoms with van der Waals surface area (Å²) >= 11 is 1.67. The maximum absolute atomic E-state index is 4.78. The highest BCUT2D eigenvalue weighted by Crippen LogP contribution is 2.33. The number of thiazole rings is 1. The molecule has 3 rings (SSSR count). The van der Waals surface area contributed by atoms with Crippen molar-refractivity contribution in [3.63, 3.8) is 0 Å². The lowest BCUT2D eigenvalue weighted by Crippen LogP contribution is -1.91. The first-order valence-corrected chi connectivity index (χ1v) is 9.25. The third kappa shape index (κ3) is 4.31. The molecule has 0 saturated heterocycles. The average molecular weight is 350 g/mol. The van der Waals surface area contributed by atoms with E-state index in [2.05, 4.69) is 54.5 Å². The van der Waals surface area contributed by atoms with Crippen LogP contribution >= 0.6 is 11.3 Å². The number of nitrogens with zero attached hydrogens (tertiary/aromatic N) is 3. The number of hydrogen-bond donors (Lipinski definition) is 1. The van der Waals surface area contributed by atoms with Crippen LogP contribution in [0, 0.1) is 13.8 Å². The number of nitrogens with one attached hydrogen (secondary N) is 1. The number of rotatable bonds is 6. The molecule has 2 heterocycles. The lowest BCUT2D eigenvalue weighted by molar-refractivity contribution is 0.938. The summed E-state index contributed by atoms with van der Waals surface area (Å²) in [7, 11) is 0. The van der Waals surface area contributed by atoms with Crippen LogP contribution in [0.5, 0.6) is 0 Å². The van der Waals surface area contributed by atoms with Crippen LogP contribution in [0.25, 0.3) is 11.3 Å². The minimum Gasteiger partial charge on any atom is -0.264 e. The molecular weight excluding hydrogens is 328 g/mol. The number of hydrogen-bond acceptors (Lipinski definition) is 5. The van der Waals surface area contributed by atoms with E-state index in [1.807, 2.05) is 12.1 Å². The van der Waals surface area contributed by atoms with E-state index >= 15 is 0 Å². The largest absolute Gasteiger partial charge is 0.264 e. The van der Waals surface area contributed by atoms with Crippen LogP contribution in [0.4, 0.5) is 5.13 Å². The van der Waals surface area contributed by atoms with Crippen LogP contribution in [0.3, 0.4) is 0 Å². The highest BCUT2D eigenvalue weighted by molar-refractivity contribution is 7.16. The molecule has 0 atom stereocenters. The van der Waals surface area contributed by atoms with E-state index < -0.39 is 0 Å². The summed E-state index contributed by atoms with van der Waals surface area (Å²) in [6.07, 6.45) is 7.39. The van der Waals surface area contributed by atoms with E-state index in [0.29, 0.717) is 0 Å². The number of benzene rings is 1. The third-order valence-electron chi connectivity index (χ3n) is 4.01. The summed E-state index contributed by atoms with van der Waals surface area (Å²) in [5.41, 5.74) is 8.84. The fraction of sp³-hybridized carbons (Fsp3) is 0.250. The molecule has 3 aromatic rings. The van der Waals surface area contributed by atoms with Crippen LogP contribution in [0.1, 0.15) is 34.9 Å². The van der Waals surface area contributed by atoms with Gasteiger partial charge in [-0.2, -0.15) is 5.10 Å². The molecule has 0 bridgehead atoms. The third-order valence-corrected chi connectivity index (χ3v) is 5.03. The Balaban J connectivity index is 1.84. The molecule has 0 amide bonds. The fourth-order valence-electron chi connectivity index (χ4n) is 2.52. The molecule has 0 unspecified atom stereocenters. The Morgan fingerprint density at radius 2 is 2.08 bits per heavy atom. The first-order chi connectivity index (χ1) is 12.2. The summed E-state index contributed by atoms with van der Waals surface area (Å²) < 4.78 is 0. The highest BCUT2D eigenvalue weighted by atomic mass is 32.1. The Kier molecular flexibility index (Phi) is 5.56. The lowest BCUT2D eigenvalue weighted by Gasteiger charge is -2.05. The predicted molar refractivity (Wildman–Crippen MR) is 106 cm³/mol. The van der Waals surface area contributed by atoms with Gasteiger partial charge in [0.05, 0.1) is 11.9 Å². The van der Waals surface area contributed by atoms with Crippen molar-refractivity contribution < 1.29 is 0 Å². The molecule has 0 aliphatic rings. The minimum absolute atomic E-state index is 0.816. The molecule has 0 aliphatic heterocycles. The van der Waals surface area contributed by atoms with Gasteiger partial charge < -0.3 is 0 Å². The Hall–Kier alpha value is -2.53. The van der Waals surface area contributed by atoms with Gasteiger partial charge in [0.25, 0.3) is 0 Å². The van der Waals surface area contributed by atoms with Gasteiger partial charge >= 0.3 is 0 Å². The molecule has 0 radical (unpaired) electrons. The van der Waals surface area contributed by atoms with Crippen molar-refractivity contribution in [3.05, 3.63) is 64.3 Å². The maximum Gasteiger partial charge on any atom is 0.204 e. The molecule has 2 aromatic heterocycles. The lowest BCUT2D eigenvalue weighted by atomic mass is 10.0. The topological polar surface area (TPSA) is 50.2 Å². The van der Waals surface area contributed by atoms with Crippen molar-refractivity contribution >= 4 is 22.7 Å². The van der Waals surface area contributed by atoms with Crippen molar-refractivity contribution in [3.8, 4) is 11.3 Å². The Morgan fingerprint density at radius 3 is 2.80 bits per heavy atom. The van der Waals surface area contributed by atoms with Gasteiger partial charge in [-0.05, 0) is 43.5 Å². The standard InChI is InChI=1S/C20H22N4S/c1-4-6-18-19(17-9-8-14(2)15(3)11-17)23-20(25-18)24-22-13-16-7-5-10-21-12-16/h5,7-13H,4,6H2,1-3H3,(H,23,24)/b22-13+. The summed E-state index contributed by atoms with van der Waals surface area (Å²) in [6.45, 7) is 6.47. The Labute approximate surface area is 152 Å². The second-order valence-electron chi connectivity index (χ2n) is 6.00.